The summed E-state index contributed by atoms with van der Waals surface area (Å²) in [6.07, 6.45) is 4.14. The maximum Gasteiger partial charge on any atom is 0.141 e. The summed E-state index contributed by atoms with van der Waals surface area (Å²) in [5.41, 5.74) is 1.51. The monoisotopic (exact) mass is 264 g/mol. The molecule has 19 heavy (non-hydrogen) atoms. The molecule has 1 atom stereocenters. The highest BCUT2D eigenvalue weighted by atomic mass is 19.1. The molecule has 2 nitrogen and oxygen atoms in total. The Morgan fingerprint density at radius 3 is 2.37 bits per heavy atom. The summed E-state index contributed by atoms with van der Waals surface area (Å²) in [5, 5.41) is 3.58. The molecule has 106 valence electrons. The molecule has 0 saturated heterocycles. The molecule has 0 radical (unpaired) electrons. The van der Waals surface area contributed by atoms with Crippen molar-refractivity contribution < 1.29 is 4.39 Å². The van der Waals surface area contributed by atoms with Crippen molar-refractivity contribution in [1.29, 1.82) is 0 Å². The summed E-state index contributed by atoms with van der Waals surface area (Å²) in [6, 6.07) is 1.80. The lowest BCUT2D eigenvalue weighted by molar-refractivity contribution is 0.407. The Morgan fingerprint density at radius 2 is 1.89 bits per heavy atom. The number of hydrogen-bond donors (Lipinski definition) is 1. The lowest BCUT2D eigenvalue weighted by atomic mass is 9.97. The zero-order valence-electron chi connectivity index (χ0n) is 12.6. The van der Waals surface area contributed by atoms with Crippen LogP contribution in [-0.2, 0) is 0 Å². The average Bonchev–Trinajstić information content (AvgIpc) is 2.72. The Bertz CT molecular complexity index is 440. The summed E-state index contributed by atoms with van der Waals surface area (Å²) in [6.45, 7) is 12.3. The van der Waals surface area contributed by atoms with E-state index in [0.717, 1.165) is 18.5 Å². The second-order valence-electron chi connectivity index (χ2n) is 6.79. The highest BCUT2D eigenvalue weighted by Crippen LogP contribution is 2.72. The van der Waals surface area contributed by atoms with Gasteiger partial charge in [0.1, 0.15) is 5.82 Å². The van der Waals surface area contributed by atoms with Gasteiger partial charge < -0.3 is 5.32 Å². The smallest absolute Gasteiger partial charge is 0.141 e. The van der Waals surface area contributed by atoms with E-state index in [4.69, 9.17) is 0 Å². The highest BCUT2D eigenvalue weighted by molar-refractivity contribution is 5.25. The summed E-state index contributed by atoms with van der Waals surface area (Å²) in [4.78, 5) is 4.00. The number of pyridine rings is 1. The standard InChI is InChI=1S/C16H25FN2/c1-6-7-19-13(11-8-12(17)10-18-9-11)14-15(2,3)16(14,4)5/h8-10,13-14,19H,6-7H2,1-5H3. The third kappa shape index (κ3) is 2.40. The van der Waals surface area contributed by atoms with E-state index in [1.54, 1.807) is 12.3 Å². The molecule has 1 fully saturated rings. The van der Waals surface area contributed by atoms with Crippen molar-refractivity contribution in [2.75, 3.05) is 6.54 Å². The van der Waals surface area contributed by atoms with E-state index in [9.17, 15) is 4.39 Å². The van der Waals surface area contributed by atoms with E-state index in [2.05, 4.69) is 44.9 Å². The predicted molar refractivity (Wildman–Crippen MR) is 76.3 cm³/mol. The maximum atomic E-state index is 13.4. The van der Waals surface area contributed by atoms with Gasteiger partial charge in [-0.15, -0.1) is 0 Å². The van der Waals surface area contributed by atoms with E-state index < -0.39 is 0 Å². The second kappa shape index (κ2) is 4.86. The first kappa shape index (κ1) is 14.4. The zero-order valence-corrected chi connectivity index (χ0v) is 12.6. The highest BCUT2D eigenvalue weighted by Gasteiger charge is 2.67. The van der Waals surface area contributed by atoms with Gasteiger partial charge in [0.05, 0.1) is 6.20 Å². The predicted octanol–water partition coefficient (Wildman–Crippen LogP) is 3.94. The van der Waals surface area contributed by atoms with Crippen molar-refractivity contribution in [3.8, 4) is 0 Å². The molecule has 1 aliphatic carbocycles. The molecule has 0 amide bonds. The van der Waals surface area contributed by atoms with Crippen LogP contribution in [0.15, 0.2) is 18.5 Å². The van der Waals surface area contributed by atoms with Crippen molar-refractivity contribution in [1.82, 2.24) is 10.3 Å². The molecule has 0 bridgehead atoms. The van der Waals surface area contributed by atoms with Gasteiger partial charge in [0.15, 0.2) is 0 Å². The lowest BCUT2D eigenvalue weighted by Crippen LogP contribution is -2.26. The summed E-state index contributed by atoms with van der Waals surface area (Å²) in [5.74, 6) is 0.257. The van der Waals surface area contributed by atoms with Gasteiger partial charge in [0.2, 0.25) is 0 Å². The molecular weight excluding hydrogens is 239 g/mol. The summed E-state index contributed by atoms with van der Waals surface area (Å²) >= 11 is 0. The zero-order chi connectivity index (χ0) is 14.3. The molecule has 0 aromatic carbocycles. The van der Waals surface area contributed by atoms with Gasteiger partial charge in [0, 0.05) is 12.2 Å². The largest absolute Gasteiger partial charge is 0.310 e. The van der Waals surface area contributed by atoms with Gasteiger partial charge in [-0.3, -0.25) is 4.98 Å². The average molecular weight is 264 g/mol. The van der Waals surface area contributed by atoms with Crippen molar-refractivity contribution in [3.05, 3.63) is 29.8 Å². The second-order valence-corrected chi connectivity index (χ2v) is 6.79. The number of nitrogens with zero attached hydrogens (tertiary/aromatic N) is 1. The van der Waals surface area contributed by atoms with Crippen molar-refractivity contribution >= 4 is 0 Å². The van der Waals surface area contributed by atoms with Crippen LogP contribution >= 0.6 is 0 Å². The number of aromatic nitrogens is 1. The summed E-state index contributed by atoms with van der Waals surface area (Å²) in [7, 11) is 0. The molecule has 1 unspecified atom stereocenters. The molecule has 2 rings (SSSR count). The van der Waals surface area contributed by atoms with Crippen molar-refractivity contribution in [3.63, 3.8) is 0 Å². The number of rotatable bonds is 5. The minimum atomic E-state index is -0.253. The van der Waals surface area contributed by atoms with E-state index in [0.29, 0.717) is 5.92 Å². The number of hydrogen-bond acceptors (Lipinski definition) is 2. The van der Waals surface area contributed by atoms with E-state index >= 15 is 0 Å². The number of nitrogens with one attached hydrogen (secondary N) is 1. The maximum absolute atomic E-state index is 13.4. The molecule has 1 aromatic heterocycles. The lowest BCUT2D eigenvalue weighted by Gasteiger charge is -2.21. The SMILES string of the molecule is CCCNC(c1cncc(F)c1)C1C(C)(C)C1(C)C. The van der Waals surface area contributed by atoms with Crippen LogP contribution in [0, 0.1) is 22.6 Å². The Kier molecular flexibility index (Phi) is 3.69. The van der Waals surface area contributed by atoms with Gasteiger partial charge in [-0.05, 0) is 41.3 Å². The van der Waals surface area contributed by atoms with E-state index in [1.165, 1.54) is 6.20 Å². The first-order chi connectivity index (χ1) is 8.82. The van der Waals surface area contributed by atoms with Crippen LogP contribution < -0.4 is 5.32 Å². The first-order valence-corrected chi connectivity index (χ1v) is 7.16. The molecule has 1 saturated carbocycles. The third-order valence-electron chi connectivity index (χ3n) is 5.17. The fraction of sp³-hybridized carbons (Fsp3) is 0.688. The molecule has 1 aliphatic rings. The molecule has 0 aliphatic heterocycles. The Labute approximate surface area is 115 Å². The Hall–Kier alpha value is -0.960. The first-order valence-electron chi connectivity index (χ1n) is 7.16. The molecule has 1 N–H and O–H groups in total. The van der Waals surface area contributed by atoms with E-state index in [1.807, 2.05) is 0 Å². The van der Waals surface area contributed by atoms with Crippen molar-refractivity contribution in [2.24, 2.45) is 16.7 Å². The molecule has 1 heterocycles. The fourth-order valence-electron chi connectivity index (χ4n) is 3.41. The molecule has 3 heteroatoms. The molecule has 1 aromatic rings. The minimum Gasteiger partial charge on any atom is -0.310 e. The topological polar surface area (TPSA) is 24.9 Å². The van der Waals surface area contributed by atoms with Crippen LogP contribution in [0.5, 0.6) is 0 Å². The minimum absolute atomic E-state index is 0.188. The van der Waals surface area contributed by atoms with Gasteiger partial charge in [-0.25, -0.2) is 4.39 Å². The van der Waals surface area contributed by atoms with Gasteiger partial charge >= 0.3 is 0 Å². The fourth-order valence-corrected chi connectivity index (χ4v) is 3.41. The van der Waals surface area contributed by atoms with Crippen LogP contribution in [0.2, 0.25) is 0 Å². The van der Waals surface area contributed by atoms with Crippen LogP contribution in [0.25, 0.3) is 0 Å². The normalized spacial score (nSPS) is 22.2. The molecule has 0 spiro atoms. The van der Waals surface area contributed by atoms with Crippen LogP contribution in [0.4, 0.5) is 4.39 Å². The molecular formula is C16H25FN2. The number of halogens is 1. The van der Waals surface area contributed by atoms with Crippen LogP contribution in [-0.4, -0.2) is 11.5 Å². The summed E-state index contributed by atoms with van der Waals surface area (Å²) < 4.78 is 13.4. The van der Waals surface area contributed by atoms with E-state index in [-0.39, 0.29) is 22.7 Å². The van der Waals surface area contributed by atoms with Crippen LogP contribution in [0.1, 0.15) is 52.6 Å². The Morgan fingerprint density at radius 1 is 1.26 bits per heavy atom. The van der Waals surface area contributed by atoms with Gasteiger partial charge in [-0.1, -0.05) is 34.6 Å². The van der Waals surface area contributed by atoms with Gasteiger partial charge in [0.25, 0.3) is 0 Å². The quantitative estimate of drug-likeness (QED) is 0.871. The van der Waals surface area contributed by atoms with Crippen LogP contribution in [0.3, 0.4) is 0 Å². The van der Waals surface area contributed by atoms with Gasteiger partial charge in [-0.2, -0.15) is 0 Å². The Balaban J connectivity index is 2.28. The third-order valence-corrected chi connectivity index (χ3v) is 5.17. The van der Waals surface area contributed by atoms with Crippen molar-refractivity contribution in [2.45, 2.75) is 47.1 Å².